The first-order valence-corrected chi connectivity index (χ1v) is 7.47. The van der Waals surface area contributed by atoms with Crippen molar-refractivity contribution in [2.45, 2.75) is 38.3 Å². The molecule has 0 radical (unpaired) electrons. The summed E-state index contributed by atoms with van der Waals surface area (Å²) in [6, 6.07) is 8.10. The molecule has 5 nitrogen and oxygen atoms in total. The molecule has 5 heteroatoms. The zero-order valence-electron chi connectivity index (χ0n) is 12.5. The first-order chi connectivity index (χ1) is 10.1. The molecule has 3 rings (SSSR count). The number of carbonyl (C=O) groups is 1. The van der Waals surface area contributed by atoms with E-state index in [9.17, 15) is 9.90 Å². The van der Waals surface area contributed by atoms with Gasteiger partial charge in [-0.1, -0.05) is 25.1 Å². The molecule has 2 aromatic rings. The van der Waals surface area contributed by atoms with Gasteiger partial charge in [0.2, 0.25) is 0 Å². The molecule has 2 heterocycles. The van der Waals surface area contributed by atoms with Crippen LogP contribution in [0.3, 0.4) is 0 Å². The summed E-state index contributed by atoms with van der Waals surface area (Å²) >= 11 is 0. The lowest BCUT2D eigenvalue weighted by atomic mass is 9.93. The zero-order valence-corrected chi connectivity index (χ0v) is 12.5. The van der Waals surface area contributed by atoms with Crippen molar-refractivity contribution in [3.05, 3.63) is 30.0 Å². The molecule has 0 saturated carbocycles. The van der Waals surface area contributed by atoms with Gasteiger partial charge in [0, 0.05) is 19.0 Å². The second-order valence-corrected chi connectivity index (χ2v) is 5.80. The Bertz CT molecular complexity index is 679. The molecular weight excluding hydrogens is 266 g/mol. The van der Waals surface area contributed by atoms with Crippen LogP contribution in [0.5, 0.6) is 0 Å². The summed E-state index contributed by atoms with van der Waals surface area (Å²) in [7, 11) is 1.93. The van der Waals surface area contributed by atoms with Gasteiger partial charge in [0.15, 0.2) is 0 Å². The van der Waals surface area contributed by atoms with Crippen molar-refractivity contribution >= 4 is 16.9 Å². The number of hydrogen-bond donors (Lipinski definition) is 1. The minimum Gasteiger partial charge on any atom is -0.480 e. The molecule has 1 aromatic heterocycles. The fourth-order valence-electron chi connectivity index (χ4n) is 3.54. The Morgan fingerprint density at radius 3 is 2.90 bits per heavy atom. The van der Waals surface area contributed by atoms with Gasteiger partial charge in [0.1, 0.15) is 5.54 Å². The van der Waals surface area contributed by atoms with Gasteiger partial charge in [-0.2, -0.15) is 5.10 Å². The number of nitrogens with zero attached hydrogens (tertiary/aromatic N) is 3. The molecule has 0 spiro atoms. The normalized spacial score (nSPS) is 23.0. The highest BCUT2D eigenvalue weighted by Gasteiger charge is 2.46. The van der Waals surface area contributed by atoms with E-state index in [-0.39, 0.29) is 0 Å². The summed E-state index contributed by atoms with van der Waals surface area (Å²) in [5.74, 6) is -0.706. The van der Waals surface area contributed by atoms with E-state index in [1.165, 1.54) is 0 Å². The Kier molecular flexibility index (Phi) is 3.45. The van der Waals surface area contributed by atoms with Crippen molar-refractivity contribution in [2.24, 2.45) is 7.05 Å². The van der Waals surface area contributed by atoms with Crippen molar-refractivity contribution < 1.29 is 9.90 Å². The topological polar surface area (TPSA) is 58.4 Å². The smallest absolute Gasteiger partial charge is 0.324 e. The molecule has 1 aliphatic heterocycles. The highest BCUT2D eigenvalue weighted by Crippen LogP contribution is 2.34. The van der Waals surface area contributed by atoms with Crippen LogP contribution in [0.15, 0.2) is 24.3 Å². The zero-order chi connectivity index (χ0) is 15.0. The van der Waals surface area contributed by atoms with Crippen LogP contribution in [0.2, 0.25) is 0 Å². The van der Waals surface area contributed by atoms with Crippen LogP contribution in [0, 0.1) is 0 Å². The summed E-state index contributed by atoms with van der Waals surface area (Å²) < 4.78 is 1.87. The predicted octanol–water partition coefficient (Wildman–Crippen LogP) is 2.40. The largest absolute Gasteiger partial charge is 0.480 e. The number of likely N-dealkylation sites (tertiary alicyclic amines) is 1. The number of carboxylic acid groups (broad SMARTS) is 1. The Morgan fingerprint density at radius 1 is 1.43 bits per heavy atom. The van der Waals surface area contributed by atoms with Gasteiger partial charge in [-0.3, -0.25) is 14.4 Å². The standard InChI is InChI=1S/C16H21N3O2/c1-3-16(15(20)21)9-6-10-19(16)11-13-12-7-4-5-8-14(12)18(2)17-13/h4-5,7-8H,3,6,9-11H2,1-2H3,(H,20,21). The highest BCUT2D eigenvalue weighted by atomic mass is 16.4. The Hall–Kier alpha value is -1.88. The Morgan fingerprint density at radius 2 is 2.19 bits per heavy atom. The summed E-state index contributed by atoms with van der Waals surface area (Å²) in [4.78, 5) is 13.8. The van der Waals surface area contributed by atoms with Crippen molar-refractivity contribution in [1.29, 1.82) is 0 Å². The quantitative estimate of drug-likeness (QED) is 0.938. The molecule has 0 amide bonds. The molecule has 1 saturated heterocycles. The van der Waals surface area contributed by atoms with Crippen LogP contribution in [-0.4, -0.2) is 37.8 Å². The number of fused-ring (bicyclic) bond motifs is 1. The van der Waals surface area contributed by atoms with Crippen LogP contribution in [0.25, 0.3) is 10.9 Å². The minimum atomic E-state index is -0.724. The number of rotatable bonds is 4. The van der Waals surface area contributed by atoms with Gasteiger partial charge in [-0.15, -0.1) is 0 Å². The number of hydrogen-bond acceptors (Lipinski definition) is 3. The van der Waals surface area contributed by atoms with Gasteiger partial charge in [0.25, 0.3) is 0 Å². The van der Waals surface area contributed by atoms with Gasteiger partial charge in [-0.05, 0) is 31.9 Å². The SMILES string of the molecule is CCC1(C(=O)O)CCCN1Cc1nn(C)c2ccccc12. The predicted molar refractivity (Wildman–Crippen MR) is 81.0 cm³/mol. The van der Waals surface area contributed by atoms with Crippen molar-refractivity contribution in [3.63, 3.8) is 0 Å². The number of aliphatic carboxylic acids is 1. The van der Waals surface area contributed by atoms with E-state index in [0.717, 1.165) is 36.0 Å². The molecule has 0 bridgehead atoms. The number of aromatic nitrogens is 2. The fraction of sp³-hybridized carbons (Fsp3) is 0.500. The second kappa shape index (κ2) is 5.15. The first kappa shape index (κ1) is 14.1. The summed E-state index contributed by atoms with van der Waals surface area (Å²) in [6.07, 6.45) is 2.29. The summed E-state index contributed by atoms with van der Waals surface area (Å²) in [5, 5.41) is 15.4. The van der Waals surface area contributed by atoms with Gasteiger partial charge in [0.05, 0.1) is 11.2 Å². The van der Waals surface area contributed by atoms with E-state index in [4.69, 9.17) is 0 Å². The summed E-state index contributed by atoms with van der Waals surface area (Å²) in [6.45, 7) is 3.38. The lowest BCUT2D eigenvalue weighted by Crippen LogP contribution is -2.49. The van der Waals surface area contributed by atoms with Crippen LogP contribution in [-0.2, 0) is 18.4 Å². The second-order valence-electron chi connectivity index (χ2n) is 5.80. The highest BCUT2D eigenvalue weighted by molar-refractivity contribution is 5.82. The number of benzene rings is 1. The first-order valence-electron chi connectivity index (χ1n) is 7.47. The van der Waals surface area contributed by atoms with E-state index in [2.05, 4.69) is 16.1 Å². The Balaban J connectivity index is 1.97. The maximum absolute atomic E-state index is 11.8. The molecular formula is C16H21N3O2. The van der Waals surface area contributed by atoms with E-state index < -0.39 is 11.5 Å². The average molecular weight is 287 g/mol. The lowest BCUT2D eigenvalue weighted by molar-refractivity contribution is -0.150. The van der Waals surface area contributed by atoms with E-state index in [1.807, 2.05) is 36.9 Å². The van der Waals surface area contributed by atoms with Gasteiger partial charge in [-0.25, -0.2) is 0 Å². The molecule has 1 aliphatic rings. The van der Waals surface area contributed by atoms with Crippen LogP contribution in [0.1, 0.15) is 31.9 Å². The number of para-hydroxylation sites is 1. The van der Waals surface area contributed by atoms with Crippen molar-refractivity contribution in [2.75, 3.05) is 6.54 Å². The number of aryl methyl sites for hydroxylation is 1. The van der Waals surface area contributed by atoms with Gasteiger partial charge >= 0.3 is 5.97 Å². The maximum Gasteiger partial charge on any atom is 0.324 e. The van der Waals surface area contributed by atoms with Crippen LogP contribution < -0.4 is 0 Å². The fourth-order valence-corrected chi connectivity index (χ4v) is 3.54. The maximum atomic E-state index is 11.8. The van der Waals surface area contributed by atoms with E-state index >= 15 is 0 Å². The third-order valence-electron chi connectivity index (χ3n) is 4.78. The van der Waals surface area contributed by atoms with Crippen molar-refractivity contribution in [1.82, 2.24) is 14.7 Å². The molecule has 112 valence electrons. The van der Waals surface area contributed by atoms with Crippen LogP contribution >= 0.6 is 0 Å². The Labute approximate surface area is 124 Å². The average Bonchev–Trinajstić information content (AvgIpc) is 3.03. The minimum absolute atomic E-state index is 0.599. The molecule has 1 N–H and O–H groups in total. The van der Waals surface area contributed by atoms with E-state index in [0.29, 0.717) is 13.0 Å². The molecule has 1 aromatic carbocycles. The molecule has 0 aliphatic carbocycles. The third-order valence-corrected chi connectivity index (χ3v) is 4.78. The third kappa shape index (κ3) is 2.12. The lowest BCUT2D eigenvalue weighted by Gasteiger charge is -2.33. The van der Waals surface area contributed by atoms with Gasteiger partial charge < -0.3 is 5.11 Å². The van der Waals surface area contributed by atoms with E-state index in [1.54, 1.807) is 0 Å². The number of carboxylic acids is 1. The molecule has 1 atom stereocenters. The van der Waals surface area contributed by atoms with Crippen molar-refractivity contribution in [3.8, 4) is 0 Å². The van der Waals surface area contributed by atoms with Crippen LogP contribution in [0.4, 0.5) is 0 Å². The molecule has 1 unspecified atom stereocenters. The summed E-state index contributed by atoms with van der Waals surface area (Å²) in [5.41, 5.74) is 1.33. The molecule has 1 fully saturated rings. The monoisotopic (exact) mass is 287 g/mol. The molecule has 21 heavy (non-hydrogen) atoms.